The van der Waals surface area contributed by atoms with Crippen LogP contribution in [0.25, 0.3) is 10.8 Å². The molecule has 0 spiro atoms. The van der Waals surface area contributed by atoms with Crippen molar-refractivity contribution in [2.24, 2.45) is 0 Å². The van der Waals surface area contributed by atoms with Crippen LogP contribution < -0.4 is 5.32 Å². The number of anilines is 1. The summed E-state index contributed by atoms with van der Waals surface area (Å²) in [6.45, 7) is 4.47. The van der Waals surface area contributed by atoms with Gasteiger partial charge in [-0.1, -0.05) is 57.4 Å². The van der Waals surface area contributed by atoms with E-state index in [0.29, 0.717) is 6.04 Å². The zero-order valence-corrected chi connectivity index (χ0v) is 11.9. The Morgan fingerprint density at radius 3 is 2.74 bits per heavy atom. The van der Waals surface area contributed by atoms with Crippen LogP contribution in [0.1, 0.15) is 46.0 Å². The van der Waals surface area contributed by atoms with Crippen molar-refractivity contribution in [3.05, 3.63) is 30.5 Å². The smallest absolute Gasteiger partial charge is 0.156 e. The molecule has 0 amide bonds. The SMILES string of the molecule is CCCCC(CCC)Nc1nncc2ccccc12. The molecule has 0 saturated heterocycles. The lowest BCUT2D eigenvalue weighted by atomic mass is 10.0. The van der Waals surface area contributed by atoms with Gasteiger partial charge in [-0.05, 0) is 12.8 Å². The molecule has 19 heavy (non-hydrogen) atoms. The molecule has 0 bridgehead atoms. The zero-order chi connectivity index (χ0) is 13.5. The maximum Gasteiger partial charge on any atom is 0.156 e. The van der Waals surface area contributed by atoms with Gasteiger partial charge >= 0.3 is 0 Å². The quantitative estimate of drug-likeness (QED) is 0.798. The van der Waals surface area contributed by atoms with Crippen LogP contribution in [0, 0.1) is 0 Å². The van der Waals surface area contributed by atoms with Gasteiger partial charge in [-0.3, -0.25) is 0 Å². The molecule has 102 valence electrons. The Labute approximate surface area is 115 Å². The summed E-state index contributed by atoms with van der Waals surface area (Å²) in [5.74, 6) is 0.924. The number of hydrogen-bond donors (Lipinski definition) is 1. The molecular formula is C16H23N3. The third kappa shape index (κ3) is 3.66. The van der Waals surface area contributed by atoms with Gasteiger partial charge in [0.05, 0.1) is 6.20 Å². The normalized spacial score (nSPS) is 12.5. The van der Waals surface area contributed by atoms with E-state index in [2.05, 4.69) is 47.6 Å². The number of aromatic nitrogens is 2. The predicted octanol–water partition coefficient (Wildman–Crippen LogP) is 4.40. The van der Waals surface area contributed by atoms with Crippen LogP contribution in [0.5, 0.6) is 0 Å². The summed E-state index contributed by atoms with van der Waals surface area (Å²) < 4.78 is 0. The Kier molecular flexibility index (Phi) is 5.13. The van der Waals surface area contributed by atoms with Crippen molar-refractivity contribution in [2.45, 2.75) is 52.0 Å². The first-order valence-electron chi connectivity index (χ1n) is 7.32. The van der Waals surface area contributed by atoms with Crippen LogP contribution in [0.3, 0.4) is 0 Å². The Morgan fingerprint density at radius 2 is 1.95 bits per heavy atom. The average Bonchev–Trinajstić information content (AvgIpc) is 2.45. The van der Waals surface area contributed by atoms with Crippen molar-refractivity contribution in [1.82, 2.24) is 10.2 Å². The molecular weight excluding hydrogens is 234 g/mol. The average molecular weight is 257 g/mol. The molecule has 0 radical (unpaired) electrons. The molecule has 1 heterocycles. The Balaban J connectivity index is 2.18. The number of nitrogens with zero attached hydrogens (tertiary/aromatic N) is 2. The largest absolute Gasteiger partial charge is 0.365 e. The van der Waals surface area contributed by atoms with Crippen molar-refractivity contribution in [2.75, 3.05) is 5.32 Å². The first kappa shape index (κ1) is 13.8. The molecule has 0 aliphatic rings. The van der Waals surface area contributed by atoms with Crippen LogP contribution in [0.15, 0.2) is 30.5 Å². The molecule has 0 aliphatic carbocycles. The van der Waals surface area contributed by atoms with Gasteiger partial charge in [-0.25, -0.2) is 0 Å². The maximum atomic E-state index is 4.28. The summed E-state index contributed by atoms with van der Waals surface area (Å²) in [7, 11) is 0. The van der Waals surface area contributed by atoms with Gasteiger partial charge in [0, 0.05) is 16.8 Å². The highest BCUT2D eigenvalue weighted by atomic mass is 15.2. The van der Waals surface area contributed by atoms with E-state index in [4.69, 9.17) is 0 Å². The van der Waals surface area contributed by atoms with E-state index in [-0.39, 0.29) is 0 Å². The van der Waals surface area contributed by atoms with E-state index >= 15 is 0 Å². The fourth-order valence-electron chi connectivity index (χ4n) is 2.42. The summed E-state index contributed by atoms with van der Waals surface area (Å²) in [4.78, 5) is 0. The number of nitrogens with one attached hydrogen (secondary N) is 1. The van der Waals surface area contributed by atoms with E-state index < -0.39 is 0 Å². The maximum absolute atomic E-state index is 4.28. The van der Waals surface area contributed by atoms with Crippen LogP contribution in [0.2, 0.25) is 0 Å². The molecule has 1 atom stereocenters. The molecule has 3 heteroatoms. The molecule has 1 aromatic carbocycles. The summed E-state index contributed by atoms with van der Waals surface area (Å²) in [6, 6.07) is 8.78. The third-order valence-electron chi connectivity index (χ3n) is 3.45. The van der Waals surface area contributed by atoms with E-state index in [9.17, 15) is 0 Å². The lowest BCUT2D eigenvalue weighted by molar-refractivity contribution is 0.562. The van der Waals surface area contributed by atoms with Gasteiger partial charge < -0.3 is 5.32 Å². The lowest BCUT2D eigenvalue weighted by Gasteiger charge is -2.19. The van der Waals surface area contributed by atoms with E-state index in [1.165, 1.54) is 32.1 Å². The van der Waals surface area contributed by atoms with Crippen LogP contribution in [-0.2, 0) is 0 Å². The highest BCUT2D eigenvalue weighted by Crippen LogP contribution is 2.21. The fourth-order valence-corrected chi connectivity index (χ4v) is 2.42. The van der Waals surface area contributed by atoms with Gasteiger partial charge in [-0.2, -0.15) is 5.10 Å². The summed E-state index contributed by atoms with van der Waals surface area (Å²) in [5.41, 5.74) is 0. The van der Waals surface area contributed by atoms with Gasteiger partial charge in [0.1, 0.15) is 0 Å². The van der Waals surface area contributed by atoms with Crippen LogP contribution in [0.4, 0.5) is 5.82 Å². The van der Waals surface area contributed by atoms with Gasteiger partial charge in [0.25, 0.3) is 0 Å². The first-order valence-corrected chi connectivity index (χ1v) is 7.32. The molecule has 1 aromatic heterocycles. The van der Waals surface area contributed by atoms with E-state index in [1.807, 2.05) is 12.3 Å². The number of unbranched alkanes of at least 4 members (excludes halogenated alkanes) is 1. The van der Waals surface area contributed by atoms with E-state index in [1.54, 1.807) is 0 Å². The third-order valence-corrected chi connectivity index (χ3v) is 3.45. The number of rotatable bonds is 7. The highest BCUT2D eigenvalue weighted by Gasteiger charge is 2.10. The first-order chi connectivity index (χ1) is 9.35. The minimum atomic E-state index is 0.505. The lowest BCUT2D eigenvalue weighted by Crippen LogP contribution is -2.20. The second-order valence-electron chi connectivity index (χ2n) is 5.05. The van der Waals surface area contributed by atoms with Crippen LogP contribution >= 0.6 is 0 Å². The monoisotopic (exact) mass is 257 g/mol. The molecule has 2 aromatic rings. The molecule has 0 fully saturated rings. The zero-order valence-electron chi connectivity index (χ0n) is 11.9. The Bertz CT molecular complexity index is 505. The second-order valence-corrected chi connectivity index (χ2v) is 5.05. The predicted molar refractivity (Wildman–Crippen MR) is 81.4 cm³/mol. The van der Waals surface area contributed by atoms with Gasteiger partial charge in [-0.15, -0.1) is 5.10 Å². The van der Waals surface area contributed by atoms with Crippen molar-refractivity contribution in [1.29, 1.82) is 0 Å². The molecule has 3 nitrogen and oxygen atoms in total. The summed E-state index contributed by atoms with van der Waals surface area (Å²) in [6.07, 6.45) is 7.90. The van der Waals surface area contributed by atoms with Gasteiger partial charge in [0.15, 0.2) is 5.82 Å². The summed E-state index contributed by atoms with van der Waals surface area (Å²) in [5, 5.41) is 14.3. The number of benzene rings is 1. The van der Waals surface area contributed by atoms with Gasteiger partial charge in [0.2, 0.25) is 0 Å². The van der Waals surface area contributed by atoms with Crippen molar-refractivity contribution in [3.8, 4) is 0 Å². The fraction of sp³-hybridized carbons (Fsp3) is 0.500. The van der Waals surface area contributed by atoms with E-state index in [0.717, 1.165) is 16.6 Å². The highest BCUT2D eigenvalue weighted by molar-refractivity contribution is 5.90. The molecule has 0 aliphatic heterocycles. The topological polar surface area (TPSA) is 37.8 Å². The Hall–Kier alpha value is -1.64. The minimum Gasteiger partial charge on any atom is -0.365 e. The molecule has 1 unspecified atom stereocenters. The minimum absolute atomic E-state index is 0.505. The molecule has 1 N–H and O–H groups in total. The van der Waals surface area contributed by atoms with Crippen molar-refractivity contribution in [3.63, 3.8) is 0 Å². The Morgan fingerprint density at radius 1 is 1.11 bits per heavy atom. The number of fused-ring (bicyclic) bond motifs is 1. The van der Waals surface area contributed by atoms with Crippen molar-refractivity contribution < 1.29 is 0 Å². The van der Waals surface area contributed by atoms with Crippen molar-refractivity contribution >= 4 is 16.6 Å². The standard InChI is InChI=1S/C16H23N3/c1-3-5-10-14(8-4-2)18-16-15-11-7-6-9-13(15)12-17-19-16/h6-7,9,11-12,14H,3-5,8,10H2,1-2H3,(H,18,19). The summed E-state index contributed by atoms with van der Waals surface area (Å²) >= 11 is 0. The second kappa shape index (κ2) is 7.07. The molecule has 0 saturated carbocycles. The molecule has 2 rings (SSSR count). The van der Waals surface area contributed by atoms with Crippen LogP contribution in [-0.4, -0.2) is 16.2 Å². The number of hydrogen-bond acceptors (Lipinski definition) is 3.